The summed E-state index contributed by atoms with van der Waals surface area (Å²) in [5, 5.41) is 18.5. The van der Waals surface area contributed by atoms with Crippen molar-refractivity contribution >= 4 is 23.2 Å². The van der Waals surface area contributed by atoms with E-state index in [1.165, 1.54) is 0 Å². The second-order valence-corrected chi connectivity index (χ2v) is 5.52. The number of benzene rings is 1. The van der Waals surface area contributed by atoms with Crippen LogP contribution in [0.1, 0.15) is 19.4 Å². The van der Waals surface area contributed by atoms with E-state index in [1.807, 2.05) is 50.3 Å². The highest BCUT2D eigenvalue weighted by atomic mass is 16.5. The number of aliphatic hydroxyl groups excluding tert-OH is 1. The van der Waals surface area contributed by atoms with Gasteiger partial charge in [0.2, 0.25) is 5.95 Å². The standard InChI is InChI=1S/C20H23N5O.CH4O/c1-5-7-13(3)16(6-2)18(21)17-12-23-20(25-19(17)22)24-14-8-10-15(26-4)11-9-14;1-2/h5-12,21H,2H2,1,3-4H3,(H3,22,23,24,25);2H,1H3/b7-5-,16-13+,21-18?;. The predicted octanol–water partition coefficient (Wildman–Crippen LogP) is 3.87. The molecule has 2 aromatic rings. The van der Waals surface area contributed by atoms with Gasteiger partial charge < -0.3 is 20.9 Å². The van der Waals surface area contributed by atoms with Crippen molar-refractivity contribution < 1.29 is 9.84 Å². The third-order valence-corrected chi connectivity index (χ3v) is 3.75. The first-order valence-corrected chi connectivity index (χ1v) is 8.53. The molecule has 2 rings (SSSR count). The van der Waals surface area contributed by atoms with Gasteiger partial charge in [-0.2, -0.15) is 4.98 Å². The molecule has 0 bridgehead atoms. The zero-order valence-corrected chi connectivity index (χ0v) is 16.7. The number of hydrogen-bond acceptors (Lipinski definition) is 7. The summed E-state index contributed by atoms with van der Waals surface area (Å²) in [6.07, 6.45) is 7.01. The van der Waals surface area contributed by atoms with Crippen molar-refractivity contribution in [3.05, 3.63) is 72.0 Å². The average Bonchev–Trinajstić information content (AvgIpc) is 2.71. The number of allylic oxidation sites excluding steroid dienone is 5. The maximum absolute atomic E-state index is 8.42. The summed E-state index contributed by atoms with van der Waals surface area (Å²) in [6, 6.07) is 7.38. The van der Waals surface area contributed by atoms with Crippen molar-refractivity contribution in [2.75, 3.05) is 25.3 Å². The maximum Gasteiger partial charge on any atom is 0.229 e. The molecule has 7 nitrogen and oxygen atoms in total. The molecule has 0 saturated heterocycles. The van der Waals surface area contributed by atoms with Crippen molar-refractivity contribution in [1.82, 2.24) is 9.97 Å². The Morgan fingerprint density at radius 2 is 1.93 bits per heavy atom. The molecule has 1 heterocycles. The lowest BCUT2D eigenvalue weighted by atomic mass is 9.99. The van der Waals surface area contributed by atoms with E-state index in [0.717, 1.165) is 24.1 Å². The molecule has 5 N–H and O–H groups in total. The summed E-state index contributed by atoms with van der Waals surface area (Å²) in [7, 11) is 2.61. The van der Waals surface area contributed by atoms with Crippen molar-refractivity contribution in [1.29, 1.82) is 5.41 Å². The van der Waals surface area contributed by atoms with Crippen LogP contribution in [0.2, 0.25) is 0 Å². The van der Waals surface area contributed by atoms with Gasteiger partial charge >= 0.3 is 0 Å². The van der Waals surface area contributed by atoms with E-state index in [-0.39, 0.29) is 11.5 Å². The molecule has 0 aliphatic carbocycles. The molecule has 0 saturated carbocycles. The van der Waals surface area contributed by atoms with Crippen LogP contribution in [0.15, 0.2) is 66.4 Å². The van der Waals surface area contributed by atoms with Crippen LogP contribution < -0.4 is 15.8 Å². The SMILES string of the molecule is C=C/C(C(=N)c1cnc(Nc2ccc(OC)cc2)nc1N)=C(C)\C=C/C.CO. The fourth-order valence-electron chi connectivity index (χ4n) is 2.40. The first-order chi connectivity index (χ1) is 13.5. The van der Waals surface area contributed by atoms with E-state index < -0.39 is 0 Å². The number of rotatable bonds is 7. The summed E-state index contributed by atoms with van der Waals surface area (Å²) < 4.78 is 5.13. The Morgan fingerprint density at radius 3 is 2.43 bits per heavy atom. The molecular formula is C21H27N5O2. The summed E-state index contributed by atoms with van der Waals surface area (Å²) >= 11 is 0. The van der Waals surface area contributed by atoms with Crippen LogP contribution in [-0.2, 0) is 0 Å². The Morgan fingerprint density at radius 1 is 1.29 bits per heavy atom. The summed E-state index contributed by atoms with van der Waals surface area (Å²) in [5.41, 5.74) is 9.18. The van der Waals surface area contributed by atoms with Gasteiger partial charge in [0.1, 0.15) is 11.6 Å². The highest BCUT2D eigenvalue weighted by Gasteiger charge is 2.13. The molecule has 0 spiro atoms. The number of anilines is 3. The lowest BCUT2D eigenvalue weighted by Crippen LogP contribution is -2.11. The van der Waals surface area contributed by atoms with E-state index in [2.05, 4.69) is 21.9 Å². The van der Waals surface area contributed by atoms with E-state index in [0.29, 0.717) is 17.1 Å². The van der Waals surface area contributed by atoms with E-state index in [4.69, 9.17) is 21.0 Å². The molecular weight excluding hydrogens is 354 g/mol. The van der Waals surface area contributed by atoms with E-state index in [1.54, 1.807) is 19.4 Å². The van der Waals surface area contributed by atoms with Crippen LogP contribution in [0.3, 0.4) is 0 Å². The second-order valence-electron chi connectivity index (χ2n) is 5.52. The summed E-state index contributed by atoms with van der Waals surface area (Å²) in [6.45, 7) is 7.63. The normalized spacial score (nSPS) is 11.2. The molecule has 0 aliphatic heterocycles. The van der Waals surface area contributed by atoms with Crippen molar-refractivity contribution in [3.8, 4) is 5.75 Å². The molecule has 0 radical (unpaired) electrons. The first-order valence-electron chi connectivity index (χ1n) is 8.53. The van der Waals surface area contributed by atoms with Gasteiger partial charge in [-0.25, -0.2) is 4.98 Å². The number of aromatic nitrogens is 2. The molecule has 1 aromatic carbocycles. The van der Waals surface area contributed by atoms with Crippen molar-refractivity contribution in [3.63, 3.8) is 0 Å². The Balaban J connectivity index is 0.00000190. The maximum atomic E-state index is 8.42. The molecule has 7 heteroatoms. The van der Waals surface area contributed by atoms with Gasteiger partial charge in [0.25, 0.3) is 0 Å². The Kier molecular flexibility index (Phi) is 9.12. The van der Waals surface area contributed by atoms with Crippen molar-refractivity contribution in [2.45, 2.75) is 13.8 Å². The van der Waals surface area contributed by atoms with Crippen LogP contribution in [0.5, 0.6) is 5.75 Å². The highest BCUT2D eigenvalue weighted by Crippen LogP contribution is 2.21. The molecule has 0 fully saturated rings. The number of ether oxygens (including phenoxy) is 1. The van der Waals surface area contributed by atoms with Crippen LogP contribution >= 0.6 is 0 Å². The quantitative estimate of drug-likeness (QED) is 0.427. The molecule has 1 aromatic heterocycles. The minimum atomic E-state index is 0.230. The van der Waals surface area contributed by atoms with Gasteiger partial charge in [0.15, 0.2) is 0 Å². The van der Waals surface area contributed by atoms with E-state index >= 15 is 0 Å². The lowest BCUT2D eigenvalue weighted by molar-refractivity contribution is 0.399. The predicted molar refractivity (Wildman–Crippen MR) is 115 cm³/mol. The first kappa shape index (κ1) is 22.6. The van der Waals surface area contributed by atoms with Crippen LogP contribution in [0, 0.1) is 5.41 Å². The monoisotopic (exact) mass is 381 g/mol. The number of hydrogen-bond donors (Lipinski definition) is 4. The van der Waals surface area contributed by atoms with Gasteiger partial charge in [0, 0.05) is 24.6 Å². The third kappa shape index (κ3) is 5.78. The fourth-order valence-corrected chi connectivity index (χ4v) is 2.40. The van der Waals surface area contributed by atoms with Crippen LogP contribution in [0.25, 0.3) is 0 Å². The molecule has 0 atom stereocenters. The van der Waals surface area contributed by atoms with Gasteiger partial charge in [-0.05, 0) is 43.7 Å². The average molecular weight is 381 g/mol. The molecule has 0 amide bonds. The van der Waals surface area contributed by atoms with Gasteiger partial charge in [0.05, 0.1) is 18.4 Å². The number of aliphatic hydroxyl groups is 1. The Hall–Kier alpha value is -3.45. The fraction of sp³-hybridized carbons (Fsp3) is 0.190. The summed E-state index contributed by atoms with van der Waals surface area (Å²) in [5.74, 6) is 1.35. The lowest BCUT2D eigenvalue weighted by Gasteiger charge is -2.11. The van der Waals surface area contributed by atoms with Crippen molar-refractivity contribution in [2.24, 2.45) is 0 Å². The third-order valence-electron chi connectivity index (χ3n) is 3.75. The largest absolute Gasteiger partial charge is 0.497 e. The van der Waals surface area contributed by atoms with Crippen LogP contribution in [-0.4, -0.2) is 35.0 Å². The van der Waals surface area contributed by atoms with Gasteiger partial charge in [-0.15, -0.1) is 0 Å². The topological polar surface area (TPSA) is 117 Å². The Bertz CT molecular complexity index is 871. The smallest absolute Gasteiger partial charge is 0.229 e. The van der Waals surface area contributed by atoms with Crippen LogP contribution in [0.4, 0.5) is 17.5 Å². The molecule has 0 unspecified atom stereocenters. The molecule has 28 heavy (non-hydrogen) atoms. The zero-order valence-electron chi connectivity index (χ0n) is 16.7. The number of nitrogens with one attached hydrogen (secondary N) is 2. The van der Waals surface area contributed by atoms with E-state index in [9.17, 15) is 0 Å². The zero-order chi connectivity index (χ0) is 21.1. The highest BCUT2D eigenvalue weighted by molar-refractivity contribution is 6.15. The number of nitrogen functional groups attached to an aromatic ring is 1. The number of nitrogens with two attached hydrogens (primary N) is 1. The minimum absolute atomic E-state index is 0.230. The van der Waals surface area contributed by atoms with Gasteiger partial charge in [-0.3, -0.25) is 5.41 Å². The minimum Gasteiger partial charge on any atom is -0.497 e. The Labute approximate surface area is 165 Å². The second kappa shape index (κ2) is 11.3. The molecule has 148 valence electrons. The molecule has 0 aliphatic rings. The van der Waals surface area contributed by atoms with Gasteiger partial charge in [-0.1, -0.05) is 24.8 Å². The number of methoxy groups -OCH3 is 1. The summed E-state index contributed by atoms with van der Waals surface area (Å²) in [4.78, 5) is 8.53. The number of nitrogens with zero attached hydrogens (tertiary/aromatic N) is 2.